The first-order valence-corrected chi connectivity index (χ1v) is 11.6. The van der Waals surface area contributed by atoms with E-state index in [2.05, 4.69) is 15.5 Å². The van der Waals surface area contributed by atoms with E-state index in [9.17, 15) is 19.1 Å². The van der Waals surface area contributed by atoms with Crippen molar-refractivity contribution in [2.45, 2.75) is 19.9 Å². The third kappa shape index (κ3) is 4.24. The number of hydrogen-bond donors (Lipinski definition) is 2. The lowest BCUT2D eigenvalue weighted by Gasteiger charge is -2.18. The van der Waals surface area contributed by atoms with E-state index in [1.165, 1.54) is 42.4 Å². The Morgan fingerprint density at radius 3 is 2.49 bits per heavy atom. The zero-order valence-electron chi connectivity index (χ0n) is 20.3. The minimum Gasteiger partial charge on any atom is -0.478 e. The van der Waals surface area contributed by atoms with Gasteiger partial charge in [-0.2, -0.15) is 5.10 Å². The highest BCUT2D eigenvalue weighted by Crippen LogP contribution is 2.38. The van der Waals surface area contributed by atoms with Crippen molar-refractivity contribution < 1.29 is 23.5 Å². The van der Waals surface area contributed by atoms with Gasteiger partial charge in [0.1, 0.15) is 22.6 Å². The monoisotopic (exact) mass is 498 g/mol. The van der Waals surface area contributed by atoms with Gasteiger partial charge in [0, 0.05) is 23.7 Å². The molecule has 2 heterocycles. The summed E-state index contributed by atoms with van der Waals surface area (Å²) < 4.78 is 20.6. The van der Waals surface area contributed by atoms with Crippen LogP contribution in [0.15, 0.2) is 71.3 Å². The molecule has 0 bridgehead atoms. The van der Waals surface area contributed by atoms with Crippen molar-refractivity contribution in [2.75, 3.05) is 17.3 Å². The Kier molecular flexibility index (Phi) is 6.04. The maximum absolute atomic E-state index is 14.3. The van der Waals surface area contributed by atoms with Crippen LogP contribution in [0.1, 0.15) is 44.8 Å². The number of carboxylic acid groups (broad SMARTS) is 1. The van der Waals surface area contributed by atoms with Crippen molar-refractivity contribution in [3.05, 3.63) is 94.9 Å². The van der Waals surface area contributed by atoms with Crippen LogP contribution in [0, 0.1) is 12.7 Å². The summed E-state index contributed by atoms with van der Waals surface area (Å²) in [5.41, 5.74) is 3.95. The Bertz CT molecular complexity index is 1680. The number of hydrogen-bond acceptors (Lipinski definition) is 6. The predicted octanol–water partition coefficient (Wildman–Crippen LogP) is 5.97. The van der Waals surface area contributed by atoms with Gasteiger partial charge >= 0.3 is 5.97 Å². The number of carboxylic acids is 1. The van der Waals surface area contributed by atoms with Gasteiger partial charge < -0.3 is 19.7 Å². The van der Waals surface area contributed by atoms with Crippen LogP contribution in [-0.2, 0) is 0 Å². The number of fused-ring (bicyclic) bond motifs is 3. The second-order valence-electron chi connectivity index (χ2n) is 8.80. The van der Waals surface area contributed by atoms with Gasteiger partial charge in [-0.05, 0) is 49.7 Å². The Morgan fingerprint density at radius 1 is 1.05 bits per heavy atom. The molecule has 37 heavy (non-hydrogen) atoms. The maximum Gasteiger partial charge on any atom is 0.337 e. The van der Waals surface area contributed by atoms with E-state index in [1.807, 2.05) is 26.0 Å². The second kappa shape index (κ2) is 9.34. The summed E-state index contributed by atoms with van der Waals surface area (Å²) in [7, 11) is 1.53. The van der Waals surface area contributed by atoms with E-state index < -0.39 is 17.7 Å². The number of carbonyl (C=O) groups is 2. The molecular weight excluding hydrogens is 475 g/mol. The molecule has 186 valence electrons. The number of aromatic carboxylic acids is 1. The van der Waals surface area contributed by atoms with E-state index in [-0.39, 0.29) is 17.2 Å². The van der Waals surface area contributed by atoms with Gasteiger partial charge in [0.15, 0.2) is 5.58 Å². The first kappa shape index (κ1) is 23.9. The Hall–Kier alpha value is -4.79. The van der Waals surface area contributed by atoms with E-state index >= 15 is 0 Å². The molecule has 8 nitrogen and oxygen atoms in total. The standard InChI is InChI=1S/C28H23FN4O4/c1-15-12-19(16(2)31-22-11-7-5-9-18(22)28(35)36)25-20(13-15)24-26(37-25)23(14-30-32-24)33(3)27(34)17-8-4-6-10-21(17)29/h4-14,16,31H,1-3H3,(H,35,36)/t16-/m1/s1. The molecule has 2 aromatic heterocycles. The largest absolute Gasteiger partial charge is 0.478 e. The van der Waals surface area contributed by atoms with Crippen molar-refractivity contribution in [1.82, 2.24) is 10.2 Å². The molecule has 0 unspecified atom stereocenters. The number of aryl methyl sites for hydroxylation is 1. The van der Waals surface area contributed by atoms with E-state index in [4.69, 9.17) is 4.42 Å². The fraction of sp³-hybridized carbons (Fsp3) is 0.143. The summed E-state index contributed by atoms with van der Waals surface area (Å²) in [6, 6.07) is 16.0. The number of amides is 1. The number of halogens is 1. The molecule has 3 aromatic carbocycles. The molecule has 0 spiro atoms. The van der Waals surface area contributed by atoms with Crippen LogP contribution >= 0.6 is 0 Å². The van der Waals surface area contributed by atoms with Gasteiger partial charge in [0.05, 0.1) is 23.4 Å². The number of anilines is 2. The third-order valence-corrected chi connectivity index (χ3v) is 6.27. The molecule has 2 N–H and O–H groups in total. The fourth-order valence-electron chi connectivity index (χ4n) is 4.43. The zero-order valence-corrected chi connectivity index (χ0v) is 20.3. The number of furan rings is 1. The summed E-state index contributed by atoms with van der Waals surface area (Å²) >= 11 is 0. The average Bonchev–Trinajstić information content (AvgIpc) is 3.26. The minimum atomic E-state index is -1.03. The summed E-state index contributed by atoms with van der Waals surface area (Å²) in [4.78, 5) is 26.0. The number of aromatic nitrogens is 2. The molecule has 9 heteroatoms. The van der Waals surface area contributed by atoms with Gasteiger partial charge in [-0.25, -0.2) is 9.18 Å². The zero-order chi connectivity index (χ0) is 26.3. The molecule has 1 atom stereocenters. The van der Waals surface area contributed by atoms with E-state index in [0.717, 1.165) is 11.1 Å². The topological polar surface area (TPSA) is 109 Å². The summed E-state index contributed by atoms with van der Waals surface area (Å²) in [5, 5.41) is 21.9. The van der Waals surface area contributed by atoms with Crippen LogP contribution in [0.4, 0.5) is 15.8 Å². The van der Waals surface area contributed by atoms with Crippen molar-refractivity contribution in [1.29, 1.82) is 0 Å². The number of benzene rings is 3. The van der Waals surface area contributed by atoms with Crippen LogP contribution in [-0.4, -0.2) is 34.2 Å². The van der Waals surface area contributed by atoms with Crippen molar-refractivity contribution >= 4 is 45.3 Å². The van der Waals surface area contributed by atoms with Crippen molar-refractivity contribution in [3.63, 3.8) is 0 Å². The number of nitrogens with one attached hydrogen (secondary N) is 1. The van der Waals surface area contributed by atoms with Crippen LogP contribution < -0.4 is 10.2 Å². The van der Waals surface area contributed by atoms with Gasteiger partial charge in [-0.3, -0.25) is 4.79 Å². The van der Waals surface area contributed by atoms with E-state index in [0.29, 0.717) is 33.4 Å². The van der Waals surface area contributed by atoms with Gasteiger partial charge in [0.2, 0.25) is 0 Å². The molecule has 0 radical (unpaired) electrons. The summed E-state index contributed by atoms with van der Waals surface area (Å²) in [5.74, 6) is -2.21. The molecule has 5 aromatic rings. The van der Waals surface area contributed by atoms with Crippen LogP contribution in [0.2, 0.25) is 0 Å². The SMILES string of the molecule is Cc1cc([C@@H](C)Nc2ccccc2C(=O)O)c2oc3c(N(C)C(=O)c4ccccc4F)cnnc3c2c1. The van der Waals surface area contributed by atoms with E-state index in [1.54, 1.807) is 24.3 Å². The van der Waals surface area contributed by atoms with Crippen LogP contribution in [0.25, 0.3) is 22.1 Å². The summed E-state index contributed by atoms with van der Waals surface area (Å²) in [6.45, 7) is 3.84. The van der Waals surface area contributed by atoms with Gasteiger partial charge in [-0.15, -0.1) is 5.10 Å². The Morgan fingerprint density at radius 2 is 1.76 bits per heavy atom. The molecular formula is C28H23FN4O4. The normalized spacial score (nSPS) is 12.0. The number of nitrogens with zero attached hydrogens (tertiary/aromatic N) is 3. The molecule has 0 aliphatic heterocycles. The molecule has 5 rings (SSSR count). The highest BCUT2D eigenvalue weighted by atomic mass is 19.1. The Balaban J connectivity index is 1.61. The Labute approximate surface area is 211 Å². The predicted molar refractivity (Wildman–Crippen MR) is 139 cm³/mol. The number of rotatable bonds is 6. The maximum atomic E-state index is 14.3. The molecule has 0 aliphatic rings. The van der Waals surface area contributed by atoms with Crippen LogP contribution in [0.5, 0.6) is 0 Å². The lowest BCUT2D eigenvalue weighted by molar-refractivity contribution is 0.0697. The first-order chi connectivity index (χ1) is 17.8. The van der Waals surface area contributed by atoms with Crippen molar-refractivity contribution in [3.8, 4) is 0 Å². The van der Waals surface area contributed by atoms with Crippen LogP contribution in [0.3, 0.4) is 0 Å². The molecule has 0 saturated heterocycles. The highest BCUT2D eigenvalue weighted by Gasteiger charge is 2.24. The van der Waals surface area contributed by atoms with Crippen molar-refractivity contribution in [2.24, 2.45) is 0 Å². The summed E-state index contributed by atoms with van der Waals surface area (Å²) in [6.07, 6.45) is 1.40. The lowest BCUT2D eigenvalue weighted by atomic mass is 10.0. The molecule has 0 saturated carbocycles. The lowest BCUT2D eigenvalue weighted by Crippen LogP contribution is -2.27. The highest BCUT2D eigenvalue weighted by molar-refractivity contribution is 6.13. The smallest absolute Gasteiger partial charge is 0.337 e. The average molecular weight is 499 g/mol. The minimum absolute atomic E-state index is 0.0717. The molecule has 0 fully saturated rings. The van der Waals surface area contributed by atoms with Gasteiger partial charge in [0.25, 0.3) is 5.91 Å². The number of para-hydroxylation sites is 1. The van der Waals surface area contributed by atoms with Gasteiger partial charge in [-0.1, -0.05) is 30.3 Å². The molecule has 1 amide bonds. The molecule has 0 aliphatic carbocycles. The third-order valence-electron chi connectivity index (χ3n) is 6.27. The second-order valence-corrected chi connectivity index (χ2v) is 8.80. The number of carbonyl (C=O) groups excluding carboxylic acids is 1. The quantitative estimate of drug-likeness (QED) is 0.297. The first-order valence-electron chi connectivity index (χ1n) is 11.6. The fourth-order valence-corrected chi connectivity index (χ4v) is 4.43.